The van der Waals surface area contributed by atoms with Crippen LogP contribution in [0.5, 0.6) is 0 Å². The first kappa shape index (κ1) is 22.4. The van der Waals surface area contributed by atoms with Gasteiger partial charge in [-0.1, -0.05) is 0 Å². The summed E-state index contributed by atoms with van der Waals surface area (Å²) in [5.74, 6) is -2.64. The zero-order chi connectivity index (χ0) is 21.8. The Hall–Kier alpha value is -2.85. The third-order valence-corrected chi connectivity index (χ3v) is 4.23. The lowest BCUT2D eigenvalue weighted by Gasteiger charge is -2.18. The number of carbonyl (C=O) groups excluding carboxylic acids is 3. The predicted molar refractivity (Wildman–Crippen MR) is 96.8 cm³/mol. The fourth-order valence-corrected chi connectivity index (χ4v) is 2.39. The minimum absolute atomic E-state index is 0.0892. The van der Waals surface area contributed by atoms with Crippen LogP contribution in [0.4, 0.5) is 23.2 Å². The van der Waals surface area contributed by atoms with Gasteiger partial charge in [-0.25, -0.2) is 4.39 Å². The van der Waals surface area contributed by atoms with Gasteiger partial charge in [0, 0.05) is 29.9 Å². The molecule has 0 saturated heterocycles. The second-order valence-electron chi connectivity index (χ2n) is 6.87. The Morgan fingerprint density at radius 1 is 1.21 bits per heavy atom. The van der Waals surface area contributed by atoms with Crippen molar-refractivity contribution in [2.45, 2.75) is 32.0 Å². The van der Waals surface area contributed by atoms with Gasteiger partial charge in [0.1, 0.15) is 12.4 Å². The molecule has 1 aromatic rings. The summed E-state index contributed by atoms with van der Waals surface area (Å²) in [5.41, 5.74) is -0.130. The monoisotopic (exact) mass is 418 g/mol. The largest absolute Gasteiger partial charge is 0.405 e. The number of halogens is 4. The topological polar surface area (TPSA) is 90.5 Å². The van der Waals surface area contributed by atoms with E-state index in [9.17, 15) is 31.9 Å². The Morgan fingerprint density at radius 2 is 1.86 bits per heavy atom. The Balaban J connectivity index is 1.96. The maximum atomic E-state index is 14.1. The number of hydrogen-bond donors (Lipinski definition) is 3. The Kier molecular flexibility index (Phi) is 7.04. The molecule has 1 aliphatic carbocycles. The molecule has 0 unspecified atom stereocenters. The third kappa shape index (κ3) is 7.24. The van der Waals surface area contributed by atoms with Gasteiger partial charge in [-0.3, -0.25) is 14.4 Å². The SMILES string of the molecule is Cc1c(F)cc(C(=O)NCC(F)(F)F)cc1NCC(=O)N(C)CC(=O)NC1CC1. The molecule has 0 heterocycles. The number of hydrogen-bond acceptors (Lipinski definition) is 4. The molecular formula is C18H22F4N4O3. The molecular weight excluding hydrogens is 396 g/mol. The van der Waals surface area contributed by atoms with Crippen LogP contribution in [0.15, 0.2) is 12.1 Å². The fraction of sp³-hybridized carbons (Fsp3) is 0.500. The molecule has 0 atom stereocenters. The van der Waals surface area contributed by atoms with E-state index in [1.54, 1.807) is 5.32 Å². The molecule has 1 fully saturated rings. The molecule has 0 bridgehead atoms. The minimum atomic E-state index is -4.59. The molecule has 1 aliphatic rings. The van der Waals surface area contributed by atoms with E-state index >= 15 is 0 Å². The highest BCUT2D eigenvalue weighted by atomic mass is 19.4. The van der Waals surface area contributed by atoms with Crippen LogP contribution >= 0.6 is 0 Å². The van der Waals surface area contributed by atoms with Crippen molar-refractivity contribution in [2.75, 3.05) is 32.0 Å². The molecule has 7 nitrogen and oxygen atoms in total. The Bertz CT molecular complexity index is 794. The lowest BCUT2D eigenvalue weighted by molar-refractivity contribution is -0.133. The number of likely N-dealkylation sites (N-methyl/N-ethyl adjacent to an activating group) is 1. The summed E-state index contributed by atoms with van der Waals surface area (Å²) >= 11 is 0. The van der Waals surface area contributed by atoms with Gasteiger partial charge in [-0.15, -0.1) is 0 Å². The van der Waals surface area contributed by atoms with E-state index in [0.29, 0.717) is 0 Å². The molecule has 3 amide bonds. The molecule has 0 spiro atoms. The zero-order valence-electron chi connectivity index (χ0n) is 16.0. The molecule has 1 aromatic carbocycles. The lowest BCUT2D eigenvalue weighted by atomic mass is 10.1. The number of benzene rings is 1. The molecule has 11 heteroatoms. The van der Waals surface area contributed by atoms with E-state index in [1.807, 2.05) is 0 Å². The number of anilines is 1. The van der Waals surface area contributed by atoms with E-state index in [-0.39, 0.29) is 41.9 Å². The van der Waals surface area contributed by atoms with Crippen molar-refractivity contribution >= 4 is 23.4 Å². The van der Waals surface area contributed by atoms with E-state index < -0.39 is 30.4 Å². The number of nitrogens with zero attached hydrogens (tertiary/aromatic N) is 1. The van der Waals surface area contributed by atoms with Gasteiger partial charge in [-0.2, -0.15) is 13.2 Å². The molecule has 0 aromatic heterocycles. The summed E-state index contributed by atoms with van der Waals surface area (Å²) in [4.78, 5) is 36.9. The Morgan fingerprint density at radius 3 is 2.45 bits per heavy atom. The van der Waals surface area contributed by atoms with Crippen LogP contribution in [0, 0.1) is 12.7 Å². The standard InChI is InChI=1S/C18H22F4N4O3/c1-10-13(19)5-11(17(29)24-9-18(20,21)22)6-14(10)23-7-16(28)26(2)8-15(27)25-12-3-4-12/h5-6,12,23H,3-4,7-9H2,1-2H3,(H,24,29)(H,25,27). The minimum Gasteiger partial charge on any atom is -0.376 e. The van der Waals surface area contributed by atoms with Crippen LogP contribution in [0.3, 0.4) is 0 Å². The van der Waals surface area contributed by atoms with Gasteiger partial charge in [0.25, 0.3) is 5.91 Å². The van der Waals surface area contributed by atoms with Crippen molar-refractivity contribution < 1.29 is 31.9 Å². The summed E-state index contributed by atoms with van der Waals surface area (Å²) < 4.78 is 50.8. The second kappa shape index (κ2) is 9.10. The molecule has 2 rings (SSSR count). The van der Waals surface area contributed by atoms with E-state index in [2.05, 4.69) is 10.6 Å². The van der Waals surface area contributed by atoms with E-state index in [4.69, 9.17) is 0 Å². The number of rotatable bonds is 8. The van der Waals surface area contributed by atoms with Crippen molar-refractivity contribution in [1.82, 2.24) is 15.5 Å². The average molecular weight is 418 g/mol. The lowest BCUT2D eigenvalue weighted by Crippen LogP contribution is -2.41. The average Bonchev–Trinajstić information content (AvgIpc) is 3.43. The second-order valence-corrected chi connectivity index (χ2v) is 6.87. The van der Waals surface area contributed by atoms with Crippen LogP contribution in [0.1, 0.15) is 28.8 Å². The summed E-state index contributed by atoms with van der Waals surface area (Å²) in [6.45, 7) is -0.575. The third-order valence-electron chi connectivity index (χ3n) is 4.23. The summed E-state index contributed by atoms with van der Waals surface area (Å²) in [5, 5.41) is 7.07. The van der Waals surface area contributed by atoms with Crippen molar-refractivity contribution in [1.29, 1.82) is 0 Å². The van der Waals surface area contributed by atoms with Gasteiger partial charge in [-0.05, 0) is 31.9 Å². The van der Waals surface area contributed by atoms with Crippen LogP contribution in [0.25, 0.3) is 0 Å². The van der Waals surface area contributed by atoms with Gasteiger partial charge < -0.3 is 20.9 Å². The number of alkyl halides is 3. The zero-order valence-corrected chi connectivity index (χ0v) is 16.0. The first-order valence-corrected chi connectivity index (χ1v) is 8.88. The predicted octanol–water partition coefficient (Wildman–Crippen LogP) is 1.58. The summed E-state index contributed by atoms with van der Waals surface area (Å²) in [6, 6.07) is 2.15. The van der Waals surface area contributed by atoms with Crippen molar-refractivity contribution in [2.24, 2.45) is 0 Å². The van der Waals surface area contributed by atoms with Crippen molar-refractivity contribution in [3.63, 3.8) is 0 Å². The first-order valence-electron chi connectivity index (χ1n) is 8.88. The highest BCUT2D eigenvalue weighted by Gasteiger charge is 2.28. The Labute approximate surface area is 164 Å². The normalized spacial score (nSPS) is 13.6. The van der Waals surface area contributed by atoms with E-state index in [0.717, 1.165) is 25.0 Å². The van der Waals surface area contributed by atoms with Crippen molar-refractivity contribution in [3.8, 4) is 0 Å². The van der Waals surface area contributed by atoms with Gasteiger partial charge in [0.2, 0.25) is 11.8 Å². The maximum Gasteiger partial charge on any atom is 0.405 e. The quantitative estimate of drug-likeness (QED) is 0.559. The van der Waals surface area contributed by atoms with Gasteiger partial charge >= 0.3 is 6.18 Å². The number of carbonyl (C=O) groups is 3. The highest BCUT2D eigenvalue weighted by Crippen LogP contribution is 2.21. The molecule has 29 heavy (non-hydrogen) atoms. The van der Waals surface area contributed by atoms with Crippen LogP contribution in [0.2, 0.25) is 0 Å². The van der Waals surface area contributed by atoms with Crippen LogP contribution < -0.4 is 16.0 Å². The van der Waals surface area contributed by atoms with Crippen molar-refractivity contribution in [3.05, 3.63) is 29.1 Å². The molecule has 0 aliphatic heterocycles. The maximum absolute atomic E-state index is 14.1. The molecule has 160 valence electrons. The summed E-state index contributed by atoms with van der Waals surface area (Å²) in [7, 11) is 1.44. The highest BCUT2D eigenvalue weighted by molar-refractivity contribution is 5.95. The van der Waals surface area contributed by atoms with Crippen LogP contribution in [-0.4, -0.2) is 61.5 Å². The number of nitrogens with one attached hydrogen (secondary N) is 3. The fourth-order valence-electron chi connectivity index (χ4n) is 2.39. The smallest absolute Gasteiger partial charge is 0.376 e. The van der Waals surface area contributed by atoms with Crippen LogP contribution in [-0.2, 0) is 9.59 Å². The molecule has 0 radical (unpaired) electrons. The molecule has 3 N–H and O–H groups in total. The number of amides is 3. The molecule has 1 saturated carbocycles. The first-order chi connectivity index (χ1) is 13.5. The van der Waals surface area contributed by atoms with E-state index in [1.165, 1.54) is 18.9 Å². The summed E-state index contributed by atoms with van der Waals surface area (Å²) in [6.07, 6.45) is -2.76. The van der Waals surface area contributed by atoms with Gasteiger partial charge in [0.15, 0.2) is 0 Å². The van der Waals surface area contributed by atoms with Gasteiger partial charge in [0.05, 0.1) is 13.1 Å².